The van der Waals surface area contributed by atoms with Gasteiger partial charge in [0.25, 0.3) is 10.0 Å². The van der Waals surface area contributed by atoms with Crippen molar-refractivity contribution >= 4 is 26.8 Å². The summed E-state index contributed by atoms with van der Waals surface area (Å²) in [4.78, 5) is 6.74. The average molecular weight is 370 g/mol. The van der Waals surface area contributed by atoms with E-state index >= 15 is 0 Å². The summed E-state index contributed by atoms with van der Waals surface area (Å²) in [5.41, 5.74) is 2.90. The second-order valence-electron chi connectivity index (χ2n) is 5.93. The maximum absolute atomic E-state index is 12.4. The van der Waals surface area contributed by atoms with Crippen molar-refractivity contribution in [3.8, 4) is 0 Å². The number of aromatic nitrogens is 2. The van der Waals surface area contributed by atoms with Gasteiger partial charge >= 0.3 is 0 Å². The minimum absolute atomic E-state index is 0.113. The van der Waals surface area contributed by atoms with E-state index in [1.165, 1.54) is 12.1 Å². The van der Waals surface area contributed by atoms with Gasteiger partial charge in [-0.15, -0.1) is 0 Å². The van der Waals surface area contributed by atoms with E-state index in [0.29, 0.717) is 28.1 Å². The fraction of sp³-hybridized carbons (Fsp3) is 0.167. The molecule has 134 valence electrons. The number of sulfonamides is 1. The summed E-state index contributed by atoms with van der Waals surface area (Å²) in [6, 6.07) is 13.4. The number of hydrazone groups is 1. The lowest BCUT2D eigenvalue weighted by atomic mass is 10.2. The van der Waals surface area contributed by atoms with Crippen LogP contribution in [0.4, 0.5) is 0 Å². The molecule has 0 aliphatic heterocycles. The number of hydrogen-bond donors (Lipinski definition) is 1. The largest absolute Gasteiger partial charge is 0.618 e. The predicted molar refractivity (Wildman–Crippen MR) is 99.2 cm³/mol. The Morgan fingerprint density at radius 2 is 1.77 bits per heavy atom. The van der Waals surface area contributed by atoms with Crippen molar-refractivity contribution in [1.82, 2.24) is 9.82 Å². The Labute approximate surface area is 151 Å². The van der Waals surface area contributed by atoms with E-state index in [-0.39, 0.29) is 4.90 Å². The summed E-state index contributed by atoms with van der Waals surface area (Å²) < 4.78 is 25.4. The molecule has 1 heterocycles. The third-order valence-electron chi connectivity index (χ3n) is 3.99. The van der Waals surface area contributed by atoms with Crippen molar-refractivity contribution in [3.63, 3.8) is 0 Å². The topological polar surface area (TPSA) is 98.4 Å². The van der Waals surface area contributed by atoms with Crippen LogP contribution in [0.2, 0.25) is 0 Å². The number of aryl methyl sites for hydroxylation is 1. The number of rotatable bonds is 4. The second kappa shape index (κ2) is 6.72. The lowest BCUT2D eigenvalue weighted by Gasteiger charge is -2.09. The Kier molecular flexibility index (Phi) is 4.60. The standard InChI is InChI=1S/C18H18N4O3S/c1-12-8-10-15(11-9-12)26(24,25)21-20-13(2)18-14(3)22(23)17-7-5-4-6-16(17)19-18/h4-11,21H,1-3H3. The van der Waals surface area contributed by atoms with E-state index < -0.39 is 10.0 Å². The minimum atomic E-state index is -3.80. The summed E-state index contributed by atoms with van der Waals surface area (Å²) in [5, 5.41) is 16.3. The fourth-order valence-corrected chi connectivity index (χ4v) is 3.36. The van der Waals surface area contributed by atoms with Gasteiger partial charge in [0.05, 0.1) is 10.6 Å². The molecule has 3 aromatic rings. The fourth-order valence-electron chi connectivity index (χ4n) is 2.50. The molecule has 8 heteroatoms. The predicted octanol–water partition coefficient (Wildman–Crippen LogP) is 2.19. The van der Waals surface area contributed by atoms with E-state index in [4.69, 9.17) is 0 Å². The Morgan fingerprint density at radius 3 is 2.46 bits per heavy atom. The highest BCUT2D eigenvalue weighted by atomic mass is 32.2. The molecule has 0 aliphatic carbocycles. The van der Waals surface area contributed by atoms with Gasteiger partial charge in [0.2, 0.25) is 11.2 Å². The average Bonchev–Trinajstić information content (AvgIpc) is 2.63. The van der Waals surface area contributed by atoms with Gasteiger partial charge in [-0.25, -0.2) is 4.98 Å². The minimum Gasteiger partial charge on any atom is -0.618 e. The van der Waals surface area contributed by atoms with Crippen molar-refractivity contribution in [2.75, 3.05) is 0 Å². The van der Waals surface area contributed by atoms with Gasteiger partial charge in [-0.2, -0.15) is 23.1 Å². The van der Waals surface area contributed by atoms with Crippen LogP contribution in [-0.4, -0.2) is 19.1 Å². The summed E-state index contributed by atoms with van der Waals surface area (Å²) in [5.74, 6) is 0. The van der Waals surface area contributed by atoms with Crippen molar-refractivity contribution in [3.05, 3.63) is 70.7 Å². The van der Waals surface area contributed by atoms with Crippen LogP contribution < -0.4 is 9.56 Å². The summed E-state index contributed by atoms with van der Waals surface area (Å²) in [6.07, 6.45) is 0. The molecule has 0 aliphatic rings. The molecule has 0 saturated carbocycles. The van der Waals surface area contributed by atoms with Gasteiger partial charge in [0.15, 0.2) is 5.69 Å². The Hall–Kier alpha value is -3.00. The van der Waals surface area contributed by atoms with Crippen LogP contribution in [-0.2, 0) is 10.0 Å². The number of nitrogens with zero attached hydrogens (tertiary/aromatic N) is 3. The van der Waals surface area contributed by atoms with Crippen LogP contribution in [0.3, 0.4) is 0 Å². The van der Waals surface area contributed by atoms with E-state index in [1.807, 2.05) is 6.92 Å². The number of fused-ring (bicyclic) bond motifs is 1. The summed E-state index contributed by atoms with van der Waals surface area (Å²) in [7, 11) is -3.80. The smallest absolute Gasteiger partial charge is 0.276 e. The van der Waals surface area contributed by atoms with Gasteiger partial charge in [0.1, 0.15) is 5.52 Å². The van der Waals surface area contributed by atoms with Crippen LogP contribution in [0, 0.1) is 19.1 Å². The monoisotopic (exact) mass is 370 g/mol. The Balaban J connectivity index is 1.96. The molecule has 0 amide bonds. The molecule has 0 unspecified atom stereocenters. The molecule has 0 saturated heterocycles. The van der Waals surface area contributed by atoms with Gasteiger partial charge < -0.3 is 5.21 Å². The Bertz CT molecular complexity index is 1110. The highest BCUT2D eigenvalue weighted by molar-refractivity contribution is 7.89. The molecule has 7 nitrogen and oxygen atoms in total. The van der Waals surface area contributed by atoms with Gasteiger partial charge in [-0.05, 0) is 32.0 Å². The number of benzene rings is 2. The Morgan fingerprint density at radius 1 is 1.12 bits per heavy atom. The molecule has 26 heavy (non-hydrogen) atoms. The van der Waals surface area contributed by atoms with E-state index in [1.54, 1.807) is 50.2 Å². The maximum atomic E-state index is 12.4. The first-order valence-electron chi connectivity index (χ1n) is 7.91. The first-order chi connectivity index (χ1) is 12.3. The molecule has 1 N–H and O–H groups in total. The van der Waals surface area contributed by atoms with Gasteiger partial charge in [-0.1, -0.05) is 29.8 Å². The summed E-state index contributed by atoms with van der Waals surface area (Å²) >= 11 is 0. The van der Waals surface area contributed by atoms with Crippen LogP contribution in [0.1, 0.15) is 23.9 Å². The molecule has 0 spiro atoms. The zero-order chi connectivity index (χ0) is 18.9. The second-order valence-corrected chi connectivity index (χ2v) is 7.59. The van der Waals surface area contributed by atoms with Crippen LogP contribution in [0.5, 0.6) is 0 Å². The number of para-hydroxylation sites is 2. The normalized spacial score (nSPS) is 12.3. The lowest BCUT2D eigenvalue weighted by Crippen LogP contribution is -2.34. The molecule has 1 aromatic heterocycles. The molecule has 0 radical (unpaired) electrons. The quantitative estimate of drug-likeness (QED) is 0.329. The third-order valence-corrected chi connectivity index (χ3v) is 5.21. The zero-order valence-corrected chi connectivity index (χ0v) is 15.4. The van der Waals surface area contributed by atoms with Crippen molar-refractivity contribution in [1.29, 1.82) is 0 Å². The molecular formula is C18H18N4O3S. The first-order valence-corrected chi connectivity index (χ1v) is 9.40. The molecule has 0 fully saturated rings. The van der Waals surface area contributed by atoms with Crippen molar-refractivity contribution in [2.45, 2.75) is 25.7 Å². The third kappa shape index (κ3) is 3.36. The molecule has 2 aromatic carbocycles. The van der Waals surface area contributed by atoms with Crippen LogP contribution >= 0.6 is 0 Å². The van der Waals surface area contributed by atoms with E-state index in [0.717, 1.165) is 10.3 Å². The number of hydrogen-bond acceptors (Lipinski definition) is 5. The lowest BCUT2D eigenvalue weighted by molar-refractivity contribution is -0.584. The number of nitrogens with one attached hydrogen (secondary N) is 1. The highest BCUT2D eigenvalue weighted by Crippen LogP contribution is 2.12. The first kappa shape index (κ1) is 17.8. The maximum Gasteiger partial charge on any atom is 0.276 e. The van der Waals surface area contributed by atoms with E-state index in [9.17, 15) is 13.6 Å². The molecular weight excluding hydrogens is 352 g/mol. The van der Waals surface area contributed by atoms with Crippen molar-refractivity contribution < 1.29 is 13.1 Å². The van der Waals surface area contributed by atoms with Crippen molar-refractivity contribution in [2.24, 2.45) is 5.10 Å². The van der Waals surface area contributed by atoms with Gasteiger partial charge in [-0.3, -0.25) is 0 Å². The SMILES string of the molecule is CC(=NNS(=O)(=O)c1ccc(C)cc1)c1nc2ccccc2[n+]([O-])c1C. The highest BCUT2D eigenvalue weighted by Gasteiger charge is 2.18. The zero-order valence-electron chi connectivity index (χ0n) is 14.6. The van der Waals surface area contributed by atoms with Crippen LogP contribution in [0.15, 0.2) is 58.5 Å². The van der Waals surface area contributed by atoms with Crippen LogP contribution in [0.25, 0.3) is 11.0 Å². The molecule has 0 atom stereocenters. The molecule has 3 rings (SSSR count). The van der Waals surface area contributed by atoms with E-state index in [2.05, 4.69) is 14.9 Å². The summed E-state index contributed by atoms with van der Waals surface area (Å²) in [6.45, 7) is 5.09. The van der Waals surface area contributed by atoms with Gasteiger partial charge in [0, 0.05) is 13.0 Å². The molecule has 0 bridgehead atoms.